The number of unbranched alkanes of at least 4 members (excludes halogenated alkanes) is 2. The summed E-state index contributed by atoms with van der Waals surface area (Å²) in [5.41, 5.74) is 5.17. The van der Waals surface area contributed by atoms with Crippen LogP contribution in [-0.4, -0.2) is 73.9 Å². The molecule has 0 aliphatic carbocycles. The number of benzene rings is 2. The molecule has 2 atom stereocenters. The molecule has 2 aliphatic rings. The van der Waals surface area contributed by atoms with Crippen LogP contribution in [0.1, 0.15) is 92.8 Å². The maximum atomic E-state index is 13.3. The van der Waals surface area contributed by atoms with E-state index in [4.69, 9.17) is 14.5 Å². The fourth-order valence-corrected chi connectivity index (χ4v) is 5.62. The number of halogens is 1. The third-order valence-corrected chi connectivity index (χ3v) is 7.70. The number of amides is 1. The second kappa shape index (κ2) is 14.7. The number of nitrogens with zero attached hydrogens (tertiary/aromatic N) is 3. The van der Waals surface area contributed by atoms with Gasteiger partial charge in [-0.3, -0.25) is 9.79 Å². The zero-order valence-corrected chi connectivity index (χ0v) is 25.2. The highest BCUT2D eigenvalue weighted by molar-refractivity contribution is 6.15. The first kappa shape index (κ1) is 31.0. The van der Waals surface area contributed by atoms with Crippen molar-refractivity contribution in [3.63, 3.8) is 0 Å². The molecule has 2 aromatic carbocycles. The fraction of sp³-hybridized carbons (Fsp3) is 0.562. The predicted molar refractivity (Wildman–Crippen MR) is 162 cm³/mol. The number of ether oxygens (including phenoxy) is 2. The third kappa shape index (κ3) is 7.15. The van der Waals surface area contributed by atoms with Crippen molar-refractivity contribution in [2.75, 3.05) is 46.4 Å². The van der Waals surface area contributed by atoms with Gasteiger partial charge in [0.05, 0.1) is 25.0 Å². The molecule has 1 fully saturated rings. The van der Waals surface area contributed by atoms with Crippen LogP contribution in [0.4, 0.5) is 0 Å². The Morgan fingerprint density at radius 3 is 2.18 bits per heavy atom. The Kier molecular flexibility index (Phi) is 11.7. The topological polar surface area (TPSA) is 54.4 Å². The molecule has 0 bridgehead atoms. The lowest BCUT2D eigenvalue weighted by atomic mass is 9.79. The van der Waals surface area contributed by atoms with Crippen molar-refractivity contribution >= 4 is 24.0 Å². The molecule has 0 aromatic heterocycles. The minimum absolute atomic E-state index is 0. The van der Waals surface area contributed by atoms with E-state index < -0.39 is 0 Å². The lowest BCUT2D eigenvalue weighted by Gasteiger charge is -2.39. The van der Waals surface area contributed by atoms with Crippen LogP contribution < -0.4 is 9.47 Å². The van der Waals surface area contributed by atoms with Gasteiger partial charge in [-0.25, -0.2) is 0 Å². The van der Waals surface area contributed by atoms with E-state index in [0.29, 0.717) is 19.1 Å². The van der Waals surface area contributed by atoms with Crippen molar-refractivity contribution in [2.24, 2.45) is 4.99 Å². The zero-order valence-electron chi connectivity index (χ0n) is 24.4. The summed E-state index contributed by atoms with van der Waals surface area (Å²) < 4.78 is 12.0. The van der Waals surface area contributed by atoms with E-state index in [1.807, 2.05) is 30.9 Å². The monoisotopic (exact) mass is 555 g/mol. The van der Waals surface area contributed by atoms with Crippen molar-refractivity contribution in [3.05, 3.63) is 58.7 Å². The van der Waals surface area contributed by atoms with Gasteiger partial charge in [0, 0.05) is 42.2 Å². The Balaban J connectivity index is 0.00000420. The van der Waals surface area contributed by atoms with Gasteiger partial charge >= 0.3 is 0 Å². The van der Waals surface area contributed by atoms with Gasteiger partial charge in [-0.05, 0) is 76.5 Å². The summed E-state index contributed by atoms with van der Waals surface area (Å²) in [6, 6.07) is 12.6. The number of aliphatic imine (C=N–C) groups is 1. The summed E-state index contributed by atoms with van der Waals surface area (Å²) in [6.07, 6.45) is 5.26. The van der Waals surface area contributed by atoms with Crippen molar-refractivity contribution in [1.29, 1.82) is 0 Å². The summed E-state index contributed by atoms with van der Waals surface area (Å²) in [5.74, 6) is 2.02. The Labute approximate surface area is 241 Å². The highest BCUT2D eigenvalue weighted by Gasteiger charge is 2.36. The van der Waals surface area contributed by atoms with Crippen molar-refractivity contribution in [2.45, 2.75) is 71.8 Å². The van der Waals surface area contributed by atoms with Crippen LogP contribution in [0.3, 0.4) is 0 Å². The molecule has 0 unspecified atom stereocenters. The van der Waals surface area contributed by atoms with Crippen molar-refractivity contribution in [3.8, 4) is 11.5 Å². The number of piperidine rings is 1. The van der Waals surface area contributed by atoms with E-state index in [1.165, 1.54) is 5.56 Å². The number of hydrogen-bond acceptors (Lipinski definition) is 5. The lowest BCUT2D eigenvalue weighted by molar-refractivity contribution is 0.0751. The van der Waals surface area contributed by atoms with Crippen LogP contribution in [0.25, 0.3) is 0 Å². The van der Waals surface area contributed by atoms with E-state index in [2.05, 4.69) is 50.1 Å². The summed E-state index contributed by atoms with van der Waals surface area (Å²) >= 11 is 0. The average molecular weight is 556 g/mol. The highest BCUT2D eigenvalue weighted by atomic mass is 35.5. The summed E-state index contributed by atoms with van der Waals surface area (Å²) in [6.45, 7) is 13.2. The van der Waals surface area contributed by atoms with Crippen LogP contribution in [0.2, 0.25) is 0 Å². The standard InChI is InChI=1S/C32H45N3O3.ClH/c1-6-10-17-35(18-11-7-2)32(36)24-14-12-23(13-15-24)31-26-21-30(38-9-4)29(37-8-3)20-25(26)27-22-34(5)19-16-28(27)33-31;/h12-15,20-21,27-28H,6-11,16-19,22H2,1-5H3;1H/t27-,28-;/m0./s1. The first-order valence-corrected chi connectivity index (χ1v) is 14.6. The van der Waals surface area contributed by atoms with Crippen LogP contribution in [0.15, 0.2) is 41.4 Å². The minimum Gasteiger partial charge on any atom is -0.490 e. The predicted octanol–water partition coefficient (Wildman–Crippen LogP) is 6.59. The van der Waals surface area contributed by atoms with Crippen molar-refractivity contribution in [1.82, 2.24) is 9.80 Å². The van der Waals surface area contributed by atoms with Crippen LogP contribution in [0.5, 0.6) is 11.5 Å². The van der Waals surface area contributed by atoms with E-state index >= 15 is 0 Å². The third-order valence-electron chi connectivity index (χ3n) is 7.70. The molecule has 4 rings (SSSR count). The molecule has 0 saturated carbocycles. The second-order valence-corrected chi connectivity index (χ2v) is 10.5. The van der Waals surface area contributed by atoms with Gasteiger partial charge < -0.3 is 19.3 Å². The number of rotatable bonds is 12. The molecular weight excluding hydrogens is 510 g/mol. The maximum Gasteiger partial charge on any atom is 0.253 e. The van der Waals surface area contributed by atoms with Gasteiger partial charge in [-0.1, -0.05) is 38.8 Å². The van der Waals surface area contributed by atoms with Gasteiger partial charge in [0.25, 0.3) is 5.91 Å². The summed E-state index contributed by atoms with van der Waals surface area (Å²) in [7, 11) is 2.19. The Bertz CT molecular complexity index is 1110. The number of carbonyl (C=O) groups is 1. The Hall–Kier alpha value is -2.57. The van der Waals surface area contributed by atoms with Gasteiger partial charge in [0.15, 0.2) is 11.5 Å². The number of likely N-dealkylation sites (N-methyl/N-ethyl adjacent to an activating group) is 1. The first-order valence-electron chi connectivity index (χ1n) is 14.6. The molecule has 0 N–H and O–H groups in total. The van der Waals surface area contributed by atoms with Crippen molar-refractivity contribution < 1.29 is 14.3 Å². The lowest BCUT2D eigenvalue weighted by Crippen LogP contribution is -2.41. The molecule has 2 heterocycles. The van der Waals surface area contributed by atoms with Gasteiger partial charge in [0.2, 0.25) is 0 Å². The van der Waals surface area contributed by atoms with E-state index in [0.717, 1.165) is 92.2 Å². The minimum atomic E-state index is 0. The van der Waals surface area contributed by atoms with Gasteiger partial charge in [0.1, 0.15) is 0 Å². The Morgan fingerprint density at radius 2 is 1.59 bits per heavy atom. The molecule has 7 heteroatoms. The SMILES string of the molecule is CCCCN(CCCC)C(=O)c1ccc(C2=N[C@H]3CCN(C)C[C@H]3c3cc(OCC)c(OCC)cc32)cc1.Cl. The summed E-state index contributed by atoms with van der Waals surface area (Å²) in [4.78, 5) is 23.1. The summed E-state index contributed by atoms with van der Waals surface area (Å²) in [5, 5.41) is 0. The van der Waals surface area contributed by atoms with Gasteiger partial charge in [-0.15, -0.1) is 12.4 Å². The van der Waals surface area contributed by atoms with Crippen LogP contribution in [-0.2, 0) is 0 Å². The molecule has 0 radical (unpaired) electrons. The number of fused-ring (bicyclic) bond motifs is 3. The molecule has 2 aromatic rings. The maximum absolute atomic E-state index is 13.3. The van der Waals surface area contributed by atoms with Crippen LogP contribution in [0, 0.1) is 0 Å². The smallest absolute Gasteiger partial charge is 0.253 e. The molecule has 2 aliphatic heterocycles. The Morgan fingerprint density at radius 1 is 0.974 bits per heavy atom. The number of likely N-dealkylation sites (tertiary alicyclic amines) is 1. The number of carbonyl (C=O) groups excluding carboxylic acids is 1. The van der Waals surface area contributed by atoms with Gasteiger partial charge in [-0.2, -0.15) is 0 Å². The van der Waals surface area contributed by atoms with Crippen LogP contribution >= 0.6 is 12.4 Å². The molecular formula is C32H46ClN3O3. The highest BCUT2D eigenvalue weighted by Crippen LogP contribution is 2.42. The molecule has 1 saturated heterocycles. The fourth-order valence-electron chi connectivity index (χ4n) is 5.62. The van der Waals surface area contributed by atoms with E-state index in [-0.39, 0.29) is 24.4 Å². The van der Waals surface area contributed by atoms with E-state index in [1.54, 1.807) is 0 Å². The number of hydrogen-bond donors (Lipinski definition) is 0. The molecule has 0 spiro atoms. The molecule has 1 amide bonds. The normalized spacial score (nSPS) is 18.3. The largest absolute Gasteiger partial charge is 0.490 e. The first-order chi connectivity index (χ1) is 18.5. The molecule has 6 nitrogen and oxygen atoms in total. The zero-order chi connectivity index (χ0) is 27.1. The molecule has 39 heavy (non-hydrogen) atoms. The quantitative estimate of drug-likeness (QED) is 0.296. The average Bonchev–Trinajstić information content (AvgIpc) is 2.93. The second-order valence-electron chi connectivity index (χ2n) is 10.5. The molecule has 214 valence electrons. The van der Waals surface area contributed by atoms with E-state index in [9.17, 15) is 4.79 Å².